The van der Waals surface area contributed by atoms with Gasteiger partial charge in [-0.1, -0.05) is 20.3 Å². The number of carbonyl (C=O) groups is 1. The molecule has 0 saturated carbocycles. The van der Waals surface area contributed by atoms with Crippen LogP contribution in [0.4, 0.5) is 0 Å². The van der Waals surface area contributed by atoms with Crippen molar-refractivity contribution in [1.82, 2.24) is 4.90 Å². The van der Waals surface area contributed by atoms with Crippen molar-refractivity contribution in [2.24, 2.45) is 0 Å². The Morgan fingerprint density at radius 1 is 1.38 bits per heavy atom. The minimum Gasteiger partial charge on any atom is -0.481 e. The van der Waals surface area contributed by atoms with Crippen LogP contribution in [0.5, 0.6) is 0 Å². The fraction of sp³-hybridized carbons (Fsp3) is 0.923. The second-order valence-electron chi connectivity index (χ2n) is 4.79. The molecule has 0 aromatic carbocycles. The van der Waals surface area contributed by atoms with E-state index in [1.807, 2.05) is 0 Å². The summed E-state index contributed by atoms with van der Waals surface area (Å²) in [6.07, 6.45) is 7.23. The van der Waals surface area contributed by atoms with Crippen molar-refractivity contribution in [3.8, 4) is 0 Å². The Labute approximate surface area is 98.8 Å². The summed E-state index contributed by atoms with van der Waals surface area (Å²) >= 11 is 0. The summed E-state index contributed by atoms with van der Waals surface area (Å²) in [6, 6.07) is 1.16. The third-order valence-corrected chi connectivity index (χ3v) is 3.78. The van der Waals surface area contributed by atoms with Gasteiger partial charge in [-0.25, -0.2) is 0 Å². The van der Waals surface area contributed by atoms with Crippen molar-refractivity contribution < 1.29 is 9.90 Å². The third kappa shape index (κ3) is 3.78. The lowest BCUT2D eigenvalue weighted by Gasteiger charge is -2.40. The van der Waals surface area contributed by atoms with E-state index in [1.165, 1.54) is 32.1 Å². The van der Waals surface area contributed by atoms with Crippen molar-refractivity contribution in [2.45, 2.75) is 70.9 Å². The maximum Gasteiger partial charge on any atom is 0.303 e. The molecule has 1 N–H and O–H groups in total. The molecule has 0 aliphatic carbocycles. The smallest absolute Gasteiger partial charge is 0.303 e. The second-order valence-corrected chi connectivity index (χ2v) is 4.79. The number of carboxylic acid groups (broad SMARTS) is 1. The number of hydrogen-bond donors (Lipinski definition) is 1. The van der Waals surface area contributed by atoms with Gasteiger partial charge in [-0.05, 0) is 38.6 Å². The highest BCUT2D eigenvalue weighted by atomic mass is 16.4. The molecule has 1 unspecified atom stereocenters. The van der Waals surface area contributed by atoms with Crippen molar-refractivity contribution in [1.29, 1.82) is 0 Å². The molecule has 3 heteroatoms. The zero-order valence-electron chi connectivity index (χ0n) is 10.6. The van der Waals surface area contributed by atoms with Gasteiger partial charge in [0.15, 0.2) is 0 Å². The molecule has 94 valence electrons. The molecule has 1 rings (SSSR count). The molecule has 16 heavy (non-hydrogen) atoms. The molecular weight excluding hydrogens is 202 g/mol. The minimum atomic E-state index is -0.657. The van der Waals surface area contributed by atoms with E-state index in [-0.39, 0.29) is 0 Å². The summed E-state index contributed by atoms with van der Waals surface area (Å²) in [7, 11) is 0. The minimum absolute atomic E-state index is 0.321. The van der Waals surface area contributed by atoms with Gasteiger partial charge in [-0.15, -0.1) is 0 Å². The maximum absolute atomic E-state index is 10.6. The third-order valence-electron chi connectivity index (χ3n) is 3.78. The predicted octanol–water partition coefficient (Wildman–Crippen LogP) is 2.89. The number of nitrogens with zero attached hydrogens (tertiary/aromatic N) is 1. The summed E-state index contributed by atoms with van der Waals surface area (Å²) in [4.78, 5) is 13.2. The second kappa shape index (κ2) is 6.89. The molecule has 1 saturated heterocycles. The van der Waals surface area contributed by atoms with Crippen LogP contribution in [0.25, 0.3) is 0 Å². The van der Waals surface area contributed by atoms with Gasteiger partial charge in [0, 0.05) is 18.5 Å². The summed E-state index contributed by atoms with van der Waals surface area (Å²) in [5.41, 5.74) is 0. The fourth-order valence-corrected chi connectivity index (χ4v) is 2.86. The Kier molecular flexibility index (Phi) is 5.81. The highest BCUT2D eigenvalue weighted by Gasteiger charge is 2.27. The molecular formula is C13H25NO2. The molecule has 0 aromatic heterocycles. The number of rotatable bonds is 6. The highest BCUT2D eigenvalue weighted by Crippen LogP contribution is 2.25. The van der Waals surface area contributed by atoms with Gasteiger partial charge in [0.2, 0.25) is 0 Å². The molecule has 0 aromatic rings. The molecule has 1 fully saturated rings. The van der Waals surface area contributed by atoms with Gasteiger partial charge < -0.3 is 5.11 Å². The van der Waals surface area contributed by atoms with Crippen LogP contribution in [-0.4, -0.2) is 34.6 Å². The Bertz CT molecular complexity index is 214. The van der Waals surface area contributed by atoms with Gasteiger partial charge in [-0.3, -0.25) is 9.69 Å². The molecule has 1 atom stereocenters. The largest absolute Gasteiger partial charge is 0.481 e. The number of hydrogen-bond acceptors (Lipinski definition) is 2. The maximum atomic E-state index is 10.6. The first-order valence-electron chi connectivity index (χ1n) is 6.66. The van der Waals surface area contributed by atoms with E-state index < -0.39 is 5.97 Å². The summed E-state index contributed by atoms with van der Waals surface area (Å²) in [5, 5.41) is 8.76. The predicted molar refractivity (Wildman–Crippen MR) is 65.6 cm³/mol. The van der Waals surface area contributed by atoms with E-state index in [0.717, 1.165) is 13.0 Å². The van der Waals surface area contributed by atoms with Crippen LogP contribution in [0.3, 0.4) is 0 Å². The number of carboxylic acids is 1. The molecule has 0 spiro atoms. The van der Waals surface area contributed by atoms with Gasteiger partial charge >= 0.3 is 5.97 Å². The molecule has 0 bridgehead atoms. The normalized spacial score (nSPS) is 22.6. The van der Waals surface area contributed by atoms with E-state index in [2.05, 4.69) is 18.7 Å². The summed E-state index contributed by atoms with van der Waals surface area (Å²) < 4.78 is 0. The van der Waals surface area contributed by atoms with Crippen LogP contribution in [0.15, 0.2) is 0 Å². The van der Waals surface area contributed by atoms with Crippen molar-refractivity contribution in [3.05, 3.63) is 0 Å². The Morgan fingerprint density at radius 2 is 2.06 bits per heavy atom. The van der Waals surface area contributed by atoms with Crippen molar-refractivity contribution >= 4 is 5.97 Å². The number of piperidine rings is 1. The quantitative estimate of drug-likeness (QED) is 0.758. The first-order chi connectivity index (χ1) is 7.69. The average molecular weight is 227 g/mol. The topological polar surface area (TPSA) is 40.5 Å². The van der Waals surface area contributed by atoms with Crippen LogP contribution in [0.2, 0.25) is 0 Å². The molecule has 0 radical (unpaired) electrons. The van der Waals surface area contributed by atoms with E-state index in [9.17, 15) is 4.79 Å². The molecule has 3 nitrogen and oxygen atoms in total. The van der Waals surface area contributed by atoms with Gasteiger partial charge in [0.1, 0.15) is 0 Å². The van der Waals surface area contributed by atoms with Gasteiger partial charge in [0.05, 0.1) is 0 Å². The molecule has 1 heterocycles. The Morgan fingerprint density at radius 3 is 2.62 bits per heavy atom. The average Bonchev–Trinajstić information content (AvgIpc) is 2.29. The SMILES string of the molecule is CCC(CC)N1CCCCC1CCC(=O)O. The standard InChI is InChI=1S/C13H25NO2/c1-3-11(4-2)14-10-6-5-7-12(14)8-9-13(15)16/h11-12H,3-10H2,1-2H3,(H,15,16). The van der Waals surface area contributed by atoms with E-state index in [0.29, 0.717) is 18.5 Å². The molecule has 1 aliphatic heterocycles. The van der Waals surface area contributed by atoms with Crippen LogP contribution in [-0.2, 0) is 4.79 Å². The molecule has 0 amide bonds. The molecule has 1 aliphatic rings. The zero-order valence-corrected chi connectivity index (χ0v) is 10.6. The Balaban J connectivity index is 2.52. The van der Waals surface area contributed by atoms with Gasteiger partial charge in [-0.2, -0.15) is 0 Å². The zero-order chi connectivity index (χ0) is 12.0. The fourth-order valence-electron chi connectivity index (χ4n) is 2.86. The summed E-state index contributed by atoms with van der Waals surface area (Å²) in [6.45, 7) is 5.63. The van der Waals surface area contributed by atoms with Crippen molar-refractivity contribution in [2.75, 3.05) is 6.54 Å². The first-order valence-corrected chi connectivity index (χ1v) is 6.66. The van der Waals surface area contributed by atoms with E-state index in [4.69, 9.17) is 5.11 Å². The van der Waals surface area contributed by atoms with E-state index >= 15 is 0 Å². The van der Waals surface area contributed by atoms with E-state index in [1.54, 1.807) is 0 Å². The lowest BCUT2D eigenvalue weighted by atomic mass is 9.94. The number of aliphatic carboxylic acids is 1. The van der Waals surface area contributed by atoms with Crippen LogP contribution >= 0.6 is 0 Å². The lowest BCUT2D eigenvalue weighted by molar-refractivity contribution is -0.137. The van der Waals surface area contributed by atoms with Crippen LogP contribution in [0.1, 0.15) is 58.8 Å². The van der Waals surface area contributed by atoms with Crippen LogP contribution in [0, 0.1) is 0 Å². The highest BCUT2D eigenvalue weighted by molar-refractivity contribution is 5.66. The Hall–Kier alpha value is -0.570. The lowest BCUT2D eigenvalue weighted by Crippen LogP contribution is -2.46. The summed E-state index contributed by atoms with van der Waals surface area (Å²) in [5.74, 6) is -0.657. The van der Waals surface area contributed by atoms with Crippen LogP contribution < -0.4 is 0 Å². The monoisotopic (exact) mass is 227 g/mol. The number of likely N-dealkylation sites (tertiary alicyclic amines) is 1. The van der Waals surface area contributed by atoms with Crippen molar-refractivity contribution in [3.63, 3.8) is 0 Å². The first kappa shape index (κ1) is 13.5. The van der Waals surface area contributed by atoms with Gasteiger partial charge in [0.25, 0.3) is 0 Å².